The van der Waals surface area contributed by atoms with E-state index in [0.717, 1.165) is 19.4 Å². The normalized spacial score (nSPS) is 18.9. The molecule has 0 saturated heterocycles. The topological polar surface area (TPSA) is 40.5 Å². The number of carbonyl (C=O) groups excluding carboxylic acids is 1. The summed E-state index contributed by atoms with van der Waals surface area (Å²) in [5.41, 5.74) is 0.0551. The molecule has 0 atom stereocenters. The molecule has 70 valence electrons. The second kappa shape index (κ2) is 3.44. The van der Waals surface area contributed by atoms with E-state index in [9.17, 15) is 4.79 Å². The van der Waals surface area contributed by atoms with Crippen LogP contribution >= 0.6 is 0 Å². The summed E-state index contributed by atoms with van der Waals surface area (Å²) in [6, 6.07) is 0. The van der Waals surface area contributed by atoms with Crippen LogP contribution in [0.2, 0.25) is 0 Å². The predicted molar refractivity (Wildman–Crippen MR) is 46.7 cm³/mol. The van der Waals surface area contributed by atoms with E-state index in [-0.39, 0.29) is 17.9 Å². The summed E-state index contributed by atoms with van der Waals surface area (Å²) in [5.74, 6) is 0.162. The first kappa shape index (κ1) is 9.52. The largest absolute Gasteiger partial charge is 0.396 e. The Bertz CT molecular complexity index is 175. The van der Waals surface area contributed by atoms with Crippen LogP contribution in [0.1, 0.15) is 26.2 Å². The minimum Gasteiger partial charge on any atom is -0.396 e. The zero-order chi connectivity index (χ0) is 9.19. The van der Waals surface area contributed by atoms with Gasteiger partial charge in [-0.25, -0.2) is 0 Å². The minimum absolute atomic E-state index is 0.0551. The summed E-state index contributed by atoms with van der Waals surface area (Å²) in [6.07, 6.45) is 2.67. The standard InChI is InChI=1S/C9H17NO2/c1-3-8(12)10(2)6-9(7-11)4-5-9/h11H,3-7H2,1-2H3. The highest BCUT2D eigenvalue weighted by Crippen LogP contribution is 2.45. The second-order valence-corrected chi connectivity index (χ2v) is 3.76. The molecule has 1 saturated carbocycles. The van der Waals surface area contributed by atoms with Crippen molar-refractivity contribution in [1.82, 2.24) is 4.90 Å². The van der Waals surface area contributed by atoms with E-state index >= 15 is 0 Å². The molecular weight excluding hydrogens is 154 g/mol. The number of hydrogen-bond donors (Lipinski definition) is 1. The molecule has 0 aromatic rings. The van der Waals surface area contributed by atoms with Crippen LogP contribution in [0.15, 0.2) is 0 Å². The average molecular weight is 171 g/mol. The second-order valence-electron chi connectivity index (χ2n) is 3.76. The minimum atomic E-state index is 0.0551. The van der Waals surface area contributed by atoms with E-state index in [0.29, 0.717) is 6.42 Å². The smallest absolute Gasteiger partial charge is 0.222 e. The fourth-order valence-electron chi connectivity index (χ4n) is 1.40. The van der Waals surface area contributed by atoms with E-state index in [2.05, 4.69) is 0 Å². The number of aliphatic hydroxyl groups is 1. The Morgan fingerprint density at radius 2 is 2.17 bits per heavy atom. The fraction of sp³-hybridized carbons (Fsp3) is 0.889. The average Bonchev–Trinajstić information content (AvgIpc) is 2.84. The number of aliphatic hydroxyl groups excluding tert-OH is 1. The van der Waals surface area contributed by atoms with Crippen molar-refractivity contribution in [3.63, 3.8) is 0 Å². The van der Waals surface area contributed by atoms with Crippen LogP contribution in [0.5, 0.6) is 0 Å². The molecule has 0 spiro atoms. The molecule has 1 aliphatic rings. The van der Waals surface area contributed by atoms with Gasteiger partial charge in [0.15, 0.2) is 0 Å². The van der Waals surface area contributed by atoms with E-state index in [4.69, 9.17) is 5.11 Å². The van der Waals surface area contributed by atoms with E-state index in [1.165, 1.54) is 0 Å². The van der Waals surface area contributed by atoms with Crippen LogP contribution < -0.4 is 0 Å². The Balaban J connectivity index is 2.35. The highest BCUT2D eigenvalue weighted by Gasteiger charge is 2.43. The molecule has 1 rings (SSSR count). The van der Waals surface area contributed by atoms with Gasteiger partial charge in [0.05, 0.1) is 6.61 Å². The third kappa shape index (κ3) is 1.97. The predicted octanol–water partition coefficient (Wildman–Crippen LogP) is 0.627. The van der Waals surface area contributed by atoms with Crippen LogP contribution in [-0.2, 0) is 4.79 Å². The Morgan fingerprint density at radius 3 is 2.50 bits per heavy atom. The quantitative estimate of drug-likeness (QED) is 0.674. The molecule has 0 aliphatic heterocycles. The third-order valence-electron chi connectivity index (χ3n) is 2.59. The summed E-state index contributed by atoms with van der Waals surface area (Å²) in [5, 5.41) is 9.02. The highest BCUT2D eigenvalue weighted by molar-refractivity contribution is 5.75. The maximum Gasteiger partial charge on any atom is 0.222 e. The first-order valence-corrected chi connectivity index (χ1v) is 4.48. The van der Waals surface area contributed by atoms with Gasteiger partial charge in [-0.15, -0.1) is 0 Å². The lowest BCUT2D eigenvalue weighted by atomic mass is 10.1. The molecule has 0 bridgehead atoms. The number of nitrogens with zero attached hydrogens (tertiary/aromatic N) is 1. The van der Waals surface area contributed by atoms with Gasteiger partial charge in [0.2, 0.25) is 5.91 Å². The van der Waals surface area contributed by atoms with Crippen molar-refractivity contribution in [2.45, 2.75) is 26.2 Å². The van der Waals surface area contributed by atoms with E-state index in [1.807, 2.05) is 14.0 Å². The molecule has 1 N–H and O–H groups in total. The molecule has 0 heterocycles. The van der Waals surface area contributed by atoms with Crippen LogP contribution in [0.3, 0.4) is 0 Å². The summed E-state index contributed by atoms with van der Waals surface area (Å²) in [6.45, 7) is 2.79. The molecule has 3 heteroatoms. The molecule has 12 heavy (non-hydrogen) atoms. The van der Waals surface area contributed by atoms with E-state index in [1.54, 1.807) is 4.90 Å². The van der Waals surface area contributed by atoms with Crippen molar-refractivity contribution >= 4 is 5.91 Å². The van der Waals surface area contributed by atoms with Crippen LogP contribution in [0, 0.1) is 5.41 Å². The van der Waals surface area contributed by atoms with Gasteiger partial charge >= 0.3 is 0 Å². The summed E-state index contributed by atoms with van der Waals surface area (Å²) in [7, 11) is 1.81. The fourth-order valence-corrected chi connectivity index (χ4v) is 1.40. The van der Waals surface area contributed by atoms with Crippen LogP contribution in [0.4, 0.5) is 0 Å². The van der Waals surface area contributed by atoms with Gasteiger partial charge in [0.25, 0.3) is 0 Å². The Labute approximate surface area is 73.4 Å². The van der Waals surface area contributed by atoms with Gasteiger partial charge in [-0.1, -0.05) is 6.92 Å². The molecule has 1 aliphatic carbocycles. The third-order valence-corrected chi connectivity index (χ3v) is 2.59. The highest BCUT2D eigenvalue weighted by atomic mass is 16.3. The Hall–Kier alpha value is -0.570. The lowest BCUT2D eigenvalue weighted by Gasteiger charge is -2.21. The molecule has 3 nitrogen and oxygen atoms in total. The number of amides is 1. The monoisotopic (exact) mass is 171 g/mol. The molecule has 1 fully saturated rings. The van der Waals surface area contributed by atoms with E-state index < -0.39 is 0 Å². The van der Waals surface area contributed by atoms with Crippen LogP contribution in [-0.4, -0.2) is 36.1 Å². The maximum absolute atomic E-state index is 11.2. The Kier molecular flexibility index (Phi) is 2.73. The zero-order valence-electron chi connectivity index (χ0n) is 7.84. The SMILES string of the molecule is CCC(=O)N(C)CC1(CO)CC1. The van der Waals surface area contributed by atoms with Crippen molar-refractivity contribution in [2.24, 2.45) is 5.41 Å². The van der Waals surface area contributed by atoms with Gasteiger partial charge in [-0.3, -0.25) is 4.79 Å². The van der Waals surface area contributed by atoms with Crippen molar-refractivity contribution in [3.05, 3.63) is 0 Å². The van der Waals surface area contributed by atoms with Crippen molar-refractivity contribution in [1.29, 1.82) is 0 Å². The van der Waals surface area contributed by atoms with Gasteiger partial charge in [0.1, 0.15) is 0 Å². The van der Waals surface area contributed by atoms with Gasteiger partial charge in [0, 0.05) is 25.4 Å². The summed E-state index contributed by atoms with van der Waals surface area (Å²) < 4.78 is 0. The van der Waals surface area contributed by atoms with Gasteiger partial charge in [-0.2, -0.15) is 0 Å². The van der Waals surface area contributed by atoms with Gasteiger partial charge in [-0.05, 0) is 12.8 Å². The summed E-state index contributed by atoms with van der Waals surface area (Å²) in [4.78, 5) is 12.9. The maximum atomic E-state index is 11.2. The van der Waals surface area contributed by atoms with Crippen molar-refractivity contribution in [3.8, 4) is 0 Å². The van der Waals surface area contributed by atoms with Crippen LogP contribution in [0.25, 0.3) is 0 Å². The molecule has 0 unspecified atom stereocenters. The zero-order valence-corrected chi connectivity index (χ0v) is 7.84. The molecule has 0 aromatic heterocycles. The van der Waals surface area contributed by atoms with Crippen molar-refractivity contribution < 1.29 is 9.90 Å². The molecule has 1 amide bonds. The molecular formula is C9H17NO2. The van der Waals surface area contributed by atoms with Crippen molar-refractivity contribution in [2.75, 3.05) is 20.2 Å². The lowest BCUT2D eigenvalue weighted by molar-refractivity contribution is -0.130. The molecule has 0 radical (unpaired) electrons. The number of rotatable bonds is 4. The number of carbonyl (C=O) groups is 1. The number of hydrogen-bond acceptors (Lipinski definition) is 2. The molecule has 0 aromatic carbocycles. The first-order chi connectivity index (χ1) is 5.63. The lowest BCUT2D eigenvalue weighted by Crippen LogP contribution is -2.33. The summed E-state index contributed by atoms with van der Waals surface area (Å²) >= 11 is 0. The first-order valence-electron chi connectivity index (χ1n) is 4.48. The Morgan fingerprint density at radius 1 is 1.58 bits per heavy atom. The van der Waals surface area contributed by atoms with Gasteiger partial charge < -0.3 is 10.0 Å².